The molecule has 1 aliphatic carbocycles. The number of hydrogen-bond donors (Lipinski definition) is 1. The van der Waals surface area contributed by atoms with Gasteiger partial charge >= 0.3 is 0 Å². The molecule has 2 rings (SSSR count). The monoisotopic (exact) mass is 308 g/mol. The van der Waals surface area contributed by atoms with Gasteiger partial charge < -0.3 is 19.9 Å². The second kappa shape index (κ2) is 7.29. The number of rotatable bonds is 7. The molecule has 1 fully saturated rings. The summed E-state index contributed by atoms with van der Waals surface area (Å²) in [6, 6.07) is 2.17. The average Bonchev–Trinajstić information content (AvgIpc) is 2.78. The standard InChI is InChI=1S/C17H28N2O3/c1-17(2)7-6-13(15(17)18)12-10-14(16(21-4)19-11-12)22-9-5-8-20-3/h10-11,13,15H,5-9,18H2,1-4H3. The topological polar surface area (TPSA) is 66.6 Å². The summed E-state index contributed by atoms with van der Waals surface area (Å²) in [6.45, 7) is 5.72. The number of hydrogen-bond acceptors (Lipinski definition) is 5. The van der Waals surface area contributed by atoms with E-state index in [0.29, 0.717) is 30.8 Å². The van der Waals surface area contributed by atoms with Crippen molar-refractivity contribution in [3.8, 4) is 11.6 Å². The molecular weight excluding hydrogens is 280 g/mol. The van der Waals surface area contributed by atoms with E-state index in [4.69, 9.17) is 19.9 Å². The maximum absolute atomic E-state index is 6.43. The number of aromatic nitrogens is 1. The second-order valence-corrected chi connectivity index (χ2v) is 6.63. The Labute approximate surface area is 133 Å². The first-order chi connectivity index (χ1) is 10.5. The van der Waals surface area contributed by atoms with Crippen molar-refractivity contribution in [2.45, 2.75) is 45.1 Å². The first kappa shape index (κ1) is 17.0. The third-order valence-electron chi connectivity index (χ3n) is 4.65. The molecule has 0 spiro atoms. The van der Waals surface area contributed by atoms with Gasteiger partial charge in [0.2, 0.25) is 0 Å². The molecule has 0 amide bonds. The fourth-order valence-electron chi connectivity index (χ4n) is 3.08. The molecule has 5 heteroatoms. The van der Waals surface area contributed by atoms with E-state index in [0.717, 1.165) is 24.8 Å². The molecule has 1 aliphatic rings. The van der Waals surface area contributed by atoms with Gasteiger partial charge in [0.1, 0.15) is 0 Å². The number of nitrogens with zero attached hydrogens (tertiary/aromatic N) is 1. The molecule has 0 aliphatic heterocycles. The molecule has 124 valence electrons. The van der Waals surface area contributed by atoms with Crippen LogP contribution >= 0.6 is 0 Å². The summed E-state index contributed by atoms with van der Waals surface area (Å²) in [6.07, 6.45) is 4.92. The Morgan fingerprint density at radius 2 is 2.09 bits per heavy atom. The van der Waals surface area contributed by atoms with Crippen LogP contribution in [0, 0.1) is 5.41 Å². The summed E-state index contributed by atoms with van der Waals surface area (Å²) in [5, 5.41) is 0. The van der Waals surface area contributed by atoms with Gasteiger partial charge in [0.15, 0.2) is 5.75 Å². The lowest BCUT2D eigenvalue weighted by Gasteiger charge is -2.27. The maximum Gasteiger partial charge on any atom is 0.256 e. The summed E-state index contributed by atoms with van der Waals surface area (Å²) >= 11 is 0. The van der Waals surface area contributed by atoms with Crippen molar-refractivity contribution in [3.63, 3.8) is 0 Å². The molecule has 1 aromatic rings. The summed E-state index contributed by atoms with van der Waals surface area (Å²) in [7, 11) is 3.29. The van der Waals surface area contributed by atoms with Crippen LogP contribution in [0.15, 0.2) is 12.3 Å². The summed E-state index contributed by atoms with van der Waals surface area (Å²) in [5.41, 5.74) is 7.74. The van der Waals surface area contributed by atoms with E-state index in [2.05, 4.69) is 18.8 Å². The lowest BCUT2D eigenvalue weighted by atomic mass is 9.84. The predicted octanol–water partition coefficient (Wildman–Crippen LogP) is 2.74. The Morgan fingerprint density at radius 3 is 2.68 bits per heavy atom. The summed E-state index contributed by atoms with van der Waals surface area (Å²) in [5.74, 6) is 1.54. The van der Waals surface area contributed by atoms with Gasteiger partial charge in [-0.3, -0.25) is 0 Å². The molecular formula is C17H28N2O3. The Bertz CT molecular complexity index is 491. The fourth-order valence-corrected chi connectivity index (χ4v) is 3.08. The van der Waals surface area contributed by atoms with Crippen LogP contribution in [0.3, 0.4) is 0 Å². The largest absolute Gasteiger partial charge is 0.488 e. The molecule has 2 N–H and O–H groups in total. The third-order valence-corrected chi connectivity index (χ3v) is 4.65. The van der Waals surface area contributed by atoms with Crippen LogP contribution in [0.1, 0.15) is 44.6 Å². The van der Waals surface area contributed by atoms with Crippen LogP contribution in [0.25, 0.3) is 0 Å². The summed E-state index contributed by atoms with van der Waals surface area (Å²) < 4.78 is 16.1. The number of ether oxygens (including phenoxy) is 3. The van der Waals surface area contributed by atoms with Gasteiger partial charge in [-0.1, -0.05) is 13.8 Å². The number of methoxy groups -OCH3 is 2. The van der Waals surface area contributed by atoms with Crippen LogP contribution in [0.4, 0.5) is 0 Å². The maximum atomic E-state index is 6.43. The molecule has 0 radical (unpaired) electrons. The van der Waals surface area contributed by atoms with Crippen LogP contribution in [-0.4, -0.2) is 38.5 Å². The first-order valence-corrected chi connectivity index (χ1v) is 7.91. The van der Waals surface area contributed by atoms with Crippen molar-refractivity contribution in [2.24, 2.45) is 11.1 Å². The zero-order chi connectivity index (χ0) is 16.2. The van der Waals surface area contributed by atoms with Crippen molar-refractivity contribution in [2.75, 3.05) is 27.4 Å². The number of pyridine rings is 1. The zero-order valence-electron chi connectivity index (χ0n) is 14.1. The molecule has 22 heavy (non-hydrogen) atoms. The fraction of sp³-hybridized carbons (Fsp3) is 0.706. The van der Waals surface area contributed by atoms with E-state index >= 15 is 0 Å². The van der Waals surface area contributed by atoms with E-state index in [1.165, 1.54) is 0 Å². The first-order valence-electron chi connectivity index (χ1n) is 7.91. The molecule has 0 saturated heterocycles. The SMILES string of the molecule is COCCCOc1cc(C2CCC(C)(C)C2N)cnc1OC. The van der Waals surface area contributed by atoms with Crippen LogP contribution in [-0.2, 0) is 4.74 Å². The minimum Gasteiger partial charge on any atom is -0.488 e. The van der Waals surface area contributed by atoms with Gasteiger partial charge in [0.05, 0.1) is 13.7 Å². The molecule has 1 heterocycles. The van der Waals surface area contributed by atoms with E-state index < -0.39 is 0 Å². The molecule has 5 nitrogen and oxygen atoms in total. The Hall–Kier alpha value is -1.33. The Kier molecular flexibility index (Phi) is 5.64. The van der Waals surface area contributed by atoms with Crippen LogP contribution in [0.5, 0.6) is 11.6 Å². The minimum atomic E-state index is 0.143. The highest BCUT2D eigenvalue weighted by atomic mass is 16.5. The van der Waals surface area contributed by atoms with Crippen molar-refractivity contribution in [1.82, 2.24) is 4.98 Å². The van der Waals surface area contributed by atoms with E-state index in [1.54, 1.807) is 14.2 Å². The van der Waals surface area contributed by atoms with Crippen molar-refractivity contribution in [3.05, 3.63) is 17.8 Å². The van der Waals surface area contributed by atoms with Gasteiger partial charge in [-0.2, -0.15) is 0 Å². The Balaban J connectivity index is 2.13. The molecule has 0 aromatic carbocycles. The lowest BCUT2D eigenvalue weighted by molar-refractivity contribution is 0.170. The van der Waals surface area contributed by atoms with Crippen molar-refractivity contribution >= 4 is 0 Å². The van der Waals surface area contributed by atoms with E-state index in [1.807, 2.05) is 12.3 Å². The van der Waals surface area contributed by atoms with Gasteiger partial charge in [0.25, 0.3) is 5.88 Å². The molecule has 2 unspecified atom stereocenters. The normalized spacial score (nSPS) is 23.5. The number of nitrogens with two attached hydrogens (primary N) is 1. The van der Waals surface area contributed by atoms with Gasteiger partial charge in [-0.05, 0) is 29.9 Å². The van der Waals surface area contributed by atoms with Crippen LogP contribution in [0.2, 0.25) is 0 Å². The zero-order valence-corrected chi connectivity index (χ0v) is 14.1. The van der Waals surface area contributed by atoms with Crippen LogP contribution < -0.4 is 15.2 Å². The highest BCUT2D eigenvalue weighted by Crippen LogP contribution is 2.45. The van der Waals surface area contributed by atoms with Crippen molar-refractivity contribution in [1.29, 1.82) is 0 Å². The summed E-state index contributed by atoms with van der Waals surface area (Å²) in [4.78, 5) is 4.39. The average molecular weight is 308 g/mol. The Morgan fingerprint density at radius 1 is 1.32 bits per heavy atom. The van der Waals surface area contributed by atoms with E-state index in [-0.39, 0.29) is 11.5 Å². The van der Waals surface area contributed by atoms with Gasteiger partial charge in [-0.25, -0.2) is 4.98 Å². The highest BCUT2D eigenvalue weighted by Gasteiger charge is 2.40. The predicted molar refractivity (Wildman–Crippen MR) is 86.5 cm³/mol. The molecule has 2 atom stereocenters. The smallest absolute Gasteiger partial charge is 0.256 e. The van der Waals surface area contributed by atoms with E-state index in [9.17, 15) is 0 Å². The quantitative estimate of drug-likeness (QED) is 0.785. The molecule has 1 aromatic heterocycles. The van der Waals surface area contributed by atoms with Gasteiger partial charge in [-0.15, -0.1) is 0 Å². The molecule has 1 saturated carbocycles. The highest BCUT2D eigenvalue weighted by molar-refractivity contribution is 5.38. The van der Waals surface area contributed by atoms with Gasteiger partial charge in [0, 0.05) is 38.3 Å². The molecule has 0 bridgehead atoms. The minimum absolute atomic E-state index is 0.143. The third kappa shape index (κ3) is 3.70. The second-order valence-electron chi connectivity index (χ2n) is 6.63. The van der Waals surface area contributed by atoms with Crippen molar-refractivity contribution < 1.29 is 14.2 Å². The lowest BCUT2D eigenvalue weighted by Crippen LogP contribution is -2.35.